The van der Waals surface area contributed by atoms with Crippen molar-refractivity contribution in [1.82, 2.24) is 9.97 Å². The molecule has 4 saturated carbocycles. The molecule has 224 valence electrons. The lowest BCUT2D eigenvalue weighted by Crippen LogP contribution is -2.52. The molecule has 0 aliphatic heterocycles. The third kappa shape index (κ3) is 5.62. The number of thiazole rings is 1. The standard InChI is InChI=1S/C35H45N3O3S/c1-23(2)32-37-21-30(42-32)26-11-18-36-31(20-26)38(33(40)25-5-8-28(39)9-6-25)22-34-12-15-35(16-13-34,17-14-34)27-7-10-29(41-4)24(3)19-27/h7,10-11,18-21,23,25,28,39H,5-6,8-9,12-17,22H2,1-4H3. The molecule has 1 N–H and O–H groups in total. The van der Waals surface area contributed by atoms with E-state index in [4.69, 9.17) is 9.72 Å². The van der Waals surface area contributed by atoms with Crippen LogP contribution in [0.25, 0.3) is 10.4 Å². The summed E-state index contributed by atoms with van der Waals surface area (Å²) in [6, 6.07) is 10.9. The predicted octanol–water partition coefficient (Wildman–Crippen LogP) is 7.82. The van der Waals surface area contributed by atoms with Crippen molar-refractivity contribution < 1.29 is 14.6 Å². The number of anilines is 1. The molecule has 7 rings (SSSR count). The average molecular weight is 588 g/mol. The fourth-order valence-electron chi connectivity index (χ4n) is 7.70. The first kappa shape index (κ1) is 29.3. The second-order valence-corrected chi connectivity index (χ2v) is 14.6. The summed E-state index contributed by atoms with van der Waals surface area (Å²) >= 11 is 1.72. The van der Waals surface area contributed by atoms with Gasteiger partial charge >= 0.3 is 0 Å². The number of ether oxygens (including phenoxy) is 1. The summed E-state index contributed by atoms with van der Waals surface area (Å²) in [6.07, 6.45) is 13.2. The first-order chi connectivity index (χ1) is 20.2. The van der Waals surface area contributed by atoms with Gasteiger partial charge in [0.15, 0.2) is 0 Å². The Morgan fingerprint density at radius 2 is 1.76 bits per heavy atom. The number of aliphatic hydroxyl groups excluding tert-OH is 1. The minimum absolute atomic E-state index is 0.0558. The van der Waals surface area contributed by atoms with E-state index in [0.717, 1.165) is 84.9 Å². The number of fused-ring (bicyclic) bond motifs is 3. The zero-order chi connectivity index (χ0) is 29.5. The Bertz CT molecular complexity index is 1400. The summed E-state index contributed by atoms with van der Waals surface area (Å²) in [6.45, 7) is 7.19. The Kier molecular flexibility index (Phi) is 8.18. The molecule has 4 aliphatic carbocycles. The van der Waals surface area contributed by atoms with E-state index in [1.165, 1.54) is 11.1 Å². The van der Waals surface area contributed by atoms with Gasteiger partial charge in [-0.2, -0.15) is 0 Å². The molecule has 1 amide bonds. The van der Waals surface area contributed by atoms with Crippen molar-refractivity contribution >= 4 is 23.1 Å². The van der Waals surface area contributed by atoms with Crippen molar-refractivity contribution in [3.05, 3.63) is 58.9 Å². The van der Waals surface area contributed by atoms with Gasteiger partial charge in [-0.05, 0) is 117 Å². The first-order valence-corrected chi connectivity index (χ1v) is 16.6. The van der Waals surface area contributed by atoms with Crippen molar-refractivity contribution in [3.8, 4) is 16.2 Å². The Balaban J connectivity index is 1.27. The van der Waals surface area contributed by atoms with E-state index in [0.29, 0.717) is 18.8 Å². The van der Waals surface area contributed by atoms with Crippen molar-refractivity contribution in [2.45, 2.75) is 102 Å². The lowest BCUT2D eigenvalue weighted by atomic mass is 9.51. The van der Waals surface area contributed by atoms with Gasteiger partial charge in [0.2, 0.25) is 5.91 Å². The number of aromatic nitrogens is 2. The van der Waals surface area contributed by atoms with Gasteiger partial charge in [0.25, 0.3) is 0 Å². The van der Waals surface area contributed by atoms with E-state index >= 15 is 0 Å². The monoisotopic (exact) mass is 587 g/mol. The van der Waals surface area contributed by atoms with Crippen LogP contribution in [-0.4, -0.2) is 40.7 Å². The molecule has 3 aromatic rings. The fraction of sp³-hybridized carbons (Fsp3) is 0.571. The second kappa shape index (κ2) is 11.7. The zero-order valence-electron chi connectivity index (χ0n) is 25.6. The van der Waals surface area contributed by atoms with Gasteiger partial charge in [-0.3, -0.25) is 9.69 Å². The molecular formula is C35H45N3O3S. The van der Waals surface area contributed by atoms with E-state index in [9.17, 15) is 9.90 Å². The highest BCUT2D eigenvalue weighted by Gasteiger charge is 2.50. The molecule has 1 aromatic carbocycles. The molecule has 0 atom stereocenters. The number of aryl methyl sites for hydroxylation is 1. The zero-order valence-corrected chi connectivity index (χ0v) is 26.4. The number of pyridine rings is 1. The summed E-state index contributed by atoms with van der Waals surface area (Å²) in [5.41, 5.74) is 4.06. The molecule has 2 heterocycles. The highest BCUT2D eigenvalue weighted by atomic mass is 32.1. The maximum atomic E-state index is 14.3. The summed E-state index contributed by atoms with van der Waals surface area (Å²) in [5, 5.41) is 11.2. The Morgan fingerprint density at radius 3 is 2.38 bits per heavy atom. The van der Waals surface area contributed by atoms with E-state index in [1.807, 2.05) is 23.4 Å². The minimum atomic E-state index is -0.282. The number of carbonyl (C=O) groups excluding carboxylic acids is 1. The largest absolute Gasteiger partial charge is 0.496 e. The normalized spacial score (nSPS) is 27.3. The molecule has 4 aliphatic rings. The van der Waals surface area contributed by atoms with Crippen LogP contribution in [0.4, 0.5) is 5.82 Å². The van der Waals surface area contributed by atoms with Crippen LogP contribution in [0.3, 0.4) is 0 Å². The smallest absolute Gasteiger partial charge is 0.231 e. The van der Waals surface area contributed by atoms with Crippen LogP contribution in [0.1, 0.15) is 100 Å². The van der Waals surface area contributed by atoms with Crippen LogP contribution in [-0.2, 0) is 10.2 Å². The van der Waals surface area contributed by atoms with Crippen LogP contribution >= 0.6 is 11.3 Å². The molecule has 0 spiro atoms. The number of benzene rings is 1. The van der Waals surface area contributed by atoms with Gasteiger partial charge in [-0.25, -0.2) is 9.97 Å². The topological polar surface area (TPSA) is 75.5 Å². The van der Waals surface area contributed by atoms with Gasteiger partial charge in [0, 0.05) is 30.8 Å². The number of aliphatic hydroxyl groups is 1. The molecule has 6 nitrogen and oxygen atoms in total. The molecule has 0 radical (unpaired) electrons. The number of nitrogens with zero attached hydrogens (tertiary/aromatic N) is 3. The van der Waals surface area contributed by atoms with Crippen LogP contribution < -0.4 is 9.64 Å². The summed E-state index contributed by atoms with van der Waals surface area (Å²) < 4.78 is 5.53. The minimum Gasteiger partial charge on any atom is -0.496 e. The lowest BCUT2D eigenvalue weighted by Gasteiger charge is -2.55. The van der Waals surface area contributed by atoms with Crippen LogP contribution in [0.15, 0.2) is 42.7 Å². The fourth-order valence-corrected chi connectivity index (χ4v) is 8.62. The maximum absolute atomic E-state index is 14.3. The predicted molar refractivity (Wildman–Crippen MR) is 169 cm³/mol. The maximum Gasteiger partial charge on any atom is 0.231 e. The van der Waals surface area contributed by atoms with E-state index < -0.39 is 0 Å². The number of amides is 1. The van der Waals surface area contributed by atoms with Gasteiger partial charge in [0.05, 0.1) is 23.1 Å². The molecule has 4 fully saturated rings. The second-order valence-electron chi connectivity index (χ2n) is 13.5. The summed E-state index contributed by atoms with van der Waals surface area (Å²) in [5.74, 6) is 2.22. The Labute approximate surface area is 254 Å². The van der Waals surface area contributed by atoms with Gasteiger partial charge in [-0.1, -0.05) is 26.0 Å². The quantitative estimate of drug-likeness (QED) is 0.291. The van der Waals surface area contributed by atoms with Crippen molar-refractivity contribution in [3.63, 3.8) is 0 Å². The van der Waals surface area contributed by atoms with Crippen LogP contribution in [0, 0.1) is 18.3 Å². The third-order valence-electron chi connectivity index (χ3n) is 10.5. The van der Waals surface area contributed by atoms with E-state index in [-0.39, 0.29) is 28.8 Å². The van der Waals surface area contributed by atoms with Gasteiger partial charge < -0.3 is 9.84 Å². The number of methoxy groups -OCH3 is 1. The molecule has 0 unspecified atom stereocenters. The van der Waals surface area contributed by atoms with Gasteiger partial charge in [-0.15, -0.1) is 11.3 Å². The lowest BCUT2D eigenvalue weighted by molar-refractivity contribution is -0.124. The van der Waals surface area contributed by atoms with E-state index in [2.05, 4.69) is 50.0 Å². The Hall–Kier alpha value is -2.77. The molecular weight excluding hydrogens is 542 g/mol. The molecule has 7 heteroatoms. The molecule has 2 aromatic heterocycles. The van der Waals surface area contributed by atoms with Crippen molar-refractivity contribution in [1.29, 1.82) is 0 Å². The molecule has 0 saturated heterocycles. The summed E-state index contributed by atoms with van der Waals surface area (Å²) in [4.78, 5) is 26.8. The van der Waals surface area contributed by atoms with Crippen LogP contribution in [0.5, 0.6) is 5.75 Å². The first-order valence-electron chi connectivity index (χ1n) is 15.8. The molecule has 42 heavy (non-hydrogen) atoms. The highest BCUT2D eigenvalue weighted by molar-refractivity contribution is 7.15. The average Bonchev–Trinajstić information content (AvgIpc) is 3.52. The molecule has 2 bridgehead atoms. The number of hydrogen-bond donors (Lipinski definition) is 1. The third-order valence-corrected chi connectivity index (χ3v) is 11.9. The SMILES string of the molecule is COc1ccc(C23CCC(CN(C(=O)C4CCC(O)CC4)c4cc(-c5cnc(C(C)C)s5)ccn4)(CC2)CC3)cc1C. The van der Waals surface area contributed by atoms with Crippen LogP contribution in [0.2, 0.25) is 0 Å². The highest BCUT2D eigenvalue weighted by Crippen LogP contribution is 2.58. The Morgan fingerprint density at radius 1 is 1.05 bits per heavy atom. The number of carbonyl (C=O) groups is 1. The van der Waals surface area contributed by atoms with E-state index in [1.54, 1.807) is 18.4 Å². The number of rotatable bonds is 8. The number of hydrogen-bond acceptors (Lipinski definition) is 6. The van der Waals surface area contributed by atoms with Gasteiger partial charge in [0.1, 0.15) is 11.6 Å². The van der Waals surface area contributed by atoms with Crippen molar-refractivity contribution in [2.75, 3.05) is 18.6 Å². The van der Waals surface area contributed by atoms with Crippen molar-refractivity contribution in [2.24, 2.45) is 11.3 Å². The summed E-state index contributed by atoms with van der Waals surface area (Å²) in [7, 11) is 1.74.